The summed E-state index contributed by atoms with van der Waals surface area (Å²) in [5.41, 5.74) is 2.15. The third kappa shape index (κ3) is 2.04. The first-order valence-electron chi connectivity index (χ1n) is 5.60. The molecule has 0 fully saturated rings. The van der Waals surface area contributed by atoms with Crippen LogP contribution < -0.4 is 10.7 Å². The van der Waals surface area contributed by atoms with Gasteiger partial charge in [0.1, 0.15) is 6.61 Å². The zero-order valence-electron chi connectivity index (χ0n) is 9.34. The van der Waals surface area contributed by atoms with Gasteiger partial charge in [-0.2, -0.15) is 0 Å². The van der Waals surface area contributed by atoms with Gasteiger partial charge in [0, 0.05) is 6.20 Å². The van der Waals surface area contributed by atoms with Crippen LogP contribution in [0.2, 0.25) is 0 Å². The van der Waals surface area contributed by atoms with Crippen LogP contribution in [-0.4, -0.2) is 6.61 Å². The number of rotatable bonds is 0. The van der Waals surface area contributed by atoms with E-state index in [0.717, 1.165) is 22.8 Å². The van der Waals surface area contributed by atoms with Crippen LogP contribution in [0, 0.1) is 0 Å². The van der Waals surface area contributed by atoms with E-state index in [1.54, 1.807) is 12.5 Å². The molecule has 0 unspecified atom stereocenters. The summed E-state index contributed by atoms with van der Waals surface area (Å²) >= 11 is 0. The van der Waals surface area contributed by atoms with Gasteiger partial charge in [-0.1, -0.05) is 12.1 Å². The van der Waals surface area contributed by atoms with E-state index in [-0.39, 0.29) is 0 Å². The zero-order chi connectivity index (χ0) is 11.5. The molecule has 3 heteroatoms. The van der Waals surface area contributed by atoms with Crippen molar-refractivity contribution in [1.29, 1.82) is 0 Å². The molecule has 0 aliphatic carbocycles. The average Bonchev–Trinajstić information content (AvgIpc) is 2.62. The molecular weight excluding hydrogens is 212 g/mol. The quantitative estimate of drug-likeness (QED) is 0.659. The first-order chi connectivity index (χ1) is 8.43. The highest BCUT2D eigenvalue weighted by Crippen LogP contribution is 2.16. The lowest BCUT2D eigenvalue weighted by Gasteiger charge is -2.11. The third-order valence-electron chi connectivity index (χ3n) is 2.75. The lowest BCUT2D eigenvalue weighted by atomic mass is 10.1. The topological polar surface area (TPSA) is 34.0 Å². The summed E-state index contributed by atoms with van der Waals surface area (Å²) in [7, 11) is 0. The van der Waals surface area contributed by atoms with Gasteiger partial charge >= 0.3 is 0 Å². The summed E-state index contributed by atoms with van der Waals surface area (Å²) in [4.78, 5) is 9.01. The van der Waals surface area contributed by atoms with Gasteiger partial charge in [-0.05, 0) is 36.3 Å². The Balaban J connectivity index is 2.16. The smallest absolute Gasteiger partial charge is 0.111 e. The Morgan fingerprint density at radius 3 is 2.82 bits per heavy atom. The first kappa shape index (κ1) is 10.0. The van der Waals surface area contributed by atoms with E-state index in [2.05, 4.69) is 9.98 Å². The average molecular weight is 224 g/mol. The van der Waals surface area contributed by atoms with E-state index in [9.17, 15) is 0 Å². The van der Waals surface area contributed by atoms with Crippen LogP contribution in [0.1, 0.15) is 6.42 Å². The first-order valence-corrected chi connectivity index (χ1v) is 5.60. The van der Waals surface area contributed by atoms with Gasteiger partial charge in [-0.15, -0.1) is 0 Å². The van der Waals surface area contributed by atoms with Gasteiger partial charge < -0.3 is 4.74 Å². The standard InChI is InChI=1S/C14H12N2O/c1-2-6-14-13(5-1)15-8-7-12(16-14)11-4-3-9-17-10-11/h1-3,5-9H,4,10H2/b12-11+. The number of para-hydroxylation sites is 2. The minimum Gasteiger partial charge on any atom is -0.497 e. The van der Waals surface area contributed by atoms with Crippen LogP contribution in [0.4, 0.5) is 0 Å². The highest BCUT2D eigenvalue weighted by molar-refractivity contribution is 5.29. The lowest BCUT2D eigenvalue weighted by molar-refractivity contribution is 0.266. The Morgan fingerprint density at radius 1 is 1.12 bits per heavy atom. The van der Waals surface area contributed by atoms with Crippen molar-refractivity contribution < 1.29 is 4.74 Å². The highest BCUT2D eigenvalue weighted by atomic mass is 16.5. The van der Waals surface area contributed by atoms with Crippen molar-refractivity contribution in [2.45, 2.75) is 6.42 Å². The normalized spacial score (nSPS) is 21.9. The Bertz CT molecular complexity index is 638. The zero-order valence-corrected chi connectivity index (χ0v) is 9.34. The van der Waals surface area contributed by atoms with E-state index in [4.69, 9.17) is 4.74 Å². The maximum atomic E-state index is 5.30. The molecule has 0 atom stereocenters. The summed E-state index contributed by atoms with van der Waals surface area (Å²) in [5, 5.41) is 1.82. The fraction of sp³-hybridized carbons (Fsp3) is 0.143. The second kappa shape index (κ2) is 4.37. The van der Waals surface area contributed by atoms with Crippen molar-refractivity contribution in [3.8, 4) is 0 Å². The maximum absolute atomic E-state index is 5.30. The van der Waals surface area contributed by atoms with Gasteiger partial charge in [-0.3, -0.25) is 4.99 Å². The molecule has 1 aromatic carbocycles. The van der Waals surface area contributed by atoms with Crippen LogP contribution in [-0.2, 0) is 4.74 Å². The molecule has 2 heterocycles. The predicted octanol–water partition coefficient (Wildman–Crippen LogP) is 1.64. The van der Waals surface area contributed by atoms with Crippen molar-refractivity contribution in [3.63, 3.8) is 0 Å². The van der Waals surface area contributed by atoms with Crippen molar-refractivity contribution in [2.75, 3.05) is 6.61 Å². The number of hydrogen-bond acceptors (Lipinski definition) is 3. The van der Waals surface area contributed by atoms with E-state index in [1.807, 2.05) is 36.4 Å². The molecule has 0 aromatic heterocycles. The van der Waals surface area contributed by atoms with Gasteiger partial charge in [-0.25, -0.2) is 4.99 Å². The Morgan fingerprint density at radius 2 is 2.00 bits per heavy atom. The summed E-state index contributed by atoms with van der Waals surface area (Å²) in [5.74, 6) is 0. The number of nitrogens with zero attached hydrogens (tertiary/aromatic N) is 2. The van der Waals surface area contributed by atoms with E-state index in [1.165, 1.54) is 5.57 Å². The van der Waals surface area contributed by atoms with Crippen molar-refractivity contribution in [1.82, 2.24) is 0 Å². The minimum absolute atomic E-state index is 0.613. The van der Waals surface area contributed by atoms with Gasteiger partial charge in [0.15, 0.2) is 0 Å². The molecule has 0 spiro atoms. The molecular formula is C14H12N2O. The van der Waals surface area contributed by atoms with Crippen LogP contribution in [0.25, 0.3) is 0 Å². The largest absolute Gasteiger partial charge is 0.497 e. The molecule has 17 heavy (non-hydrogen) atoms. The van der Waals surface area contributed by atoms with E-state index in [0.29, 0.717) is 6.61 Å². The van der Waals surface area contributed by atoms with E-state index < -0.39 is 0 Å². The number of benzene rings is 1. The predicted molar refractivity (Wildman–Crippen MR) is 64.6 cm³/mol. The Kier molecular flexibility index (Phi) is 2.58. The number of fused-ring (bicyclic) bond motifs is 1. The molecule has 0 radical (unpaired) electrons. The van der Waals surface area contributed by atoms with Gasteiger partial charge in [0.2, 0.25) is 0 Å². The van der Waals surface area contributed by atoms with Crippen LogP contribution >= 0.6 is 0 Å². The lowest BCUT2D eigenvalue weighted by Crippen LogP contribution is -2.23. The number of allylic oxidation sites excluding steroid dienone is 2. The van der Waals surface area contributed by atoms with Gasteiger partial charge in [0.25, 0.3) is 0 Å². The molecule has 0 saturated carbocycles. The number of hydrogen-bond donors (Lipinski definition) is 0. The monoisotopic (exact) mass is 224 g/mol. The SMILES string of the molecule is C1=COC/C(=C2\C=CN=c3ccccc3=N2)C1. The summed E-state index contributed by atoms with van der Waals surface area (Å²) in [6.45, 7) is 0.613. The van der Waals surface area contributed by atoms with E-state index >= 15 is 0 Å². The molecule has 2 aliphatic heterocycles. The fourth-order valence-electron chi connectivity index (χ4n) is 1.86. The summed E-state index contributed by atoms with van der Waals surface area (Å²) < 4.78 is 5.30. The second-order valence-electron chi connectivity index (χ2n) is 3.92. The molecule has 3 rings (SSSR count). The molecule has 0 amide bonds. The van der Waals surface area contributed by atoms with Crippen molar-refractivity contribution in [3.05, 3.63) is 70.9 Å². The molecule has 0 N–H and O–H groups in total. The molecule has 0 saturated heterocycles. The molecule has 84 valence electrons. The fourth-order valence-corrected chi connectivity index (χ4v) is 1.86. The van der Waals surface area contributed by atoms with Crippen molar-refractivity contribution in [2.24, 2.45) is 9.98 Å². The molecule has 0 bridgehead atoms. The van der Waals surface area contributed by atoms with Crippen LogP contribution in [0.15, 0.2) is 70.1 Å². The Labute approximate surface area is 99.2 Å². The summed E-state index contributed by atoms with van der Waals surface area (Å²) in [6.07, 6.45) is 8.38. The van der Waals surface area contributed by atoms with Crippen molar-refractivity contribution >= 4 is 0 Å². The minimum atomic E-state index is 0.613. The molecule has 2 aliphatic rings. The number of ether oxygens (including phenoxy) is 1. The second-order valence-corrected chi connectivity index (χ2v) is 3.92. The van der Waals surface area contributed by atoms with Crippen LogP contribution in [0.5, 0.6) is 0 Å². The molecule has 1 aromatic rings. The Hall–Kier alpha value is -2.16. The highest BCUT2D eigenvalue weighted by Gasteiger charge is 2.07. The van der Waals surface area contributed by atoms with Crippen LogP contribution in [0.3, 0.4) is 0 Å². The third-order valence-corrected chi connectivity index (χ3v) is 2.75. The maximum Gasteiger partial charge on any atom is 0.111 e. The summed E-state index contributed by atoms with van der Waals surface area (Å²) in [6, 6.07) is 7.89. The molecule has 3 nitrogen and oxygen atoms in total. The van der Waals surface area contributed by atoms with Gasteiger partial charge in [0.05, 0.1) is 22.7 Å².